The van der Waals surface area contributed by atoms with Gasteiger partial charge in [-0.05, 0) is 41.8 Å². The lowest BCUT2D eigenvalue weighted by Crippen LogP contribution is -2.23. The van der Waals surface area contributed by atoms with Crippen LogP contribution in [0, 0.1) is 10.8 Å². The first-order valence-electron chi connectivity index (χ1n) is 6.33. The molecule has 0 amide bonds. The van der Waals surface area contributed by atoms with Crippen molar-refractivity contribution in [3.05, 3.63) is 36.0 Å². The van der Waals surface area contributed by atoms with Gasteiger partial charge in [0.15, 0.2) is 0 Å². The van der Waals surface area contributed by atoms with Crippen LogP contribution in [0.5, 0.6) is 0 Å². The number of hydrogen-bond donors (Lipinski definition) is 2. The monoisotopic (exact) mass is 228 g/mol. The molecule has 1 atom stereocenters. The molecule has 0 saturated heterocycles. The molecular formula is C15H20N2. The molecule has 1 unspecified atom stereocenters. The van der Waals surface area contributed by atoms with Crippen LogP contribution in [0.1, 0.15) is 25.8 Å². The zero-order chi connectivity index (χ0) is 12.1. The van der Waals surface area contributed by atoms with Gasteiger partial charge in [-0.3, -0.25) is 0 Å². The Hall–Kier alpha value is -1.28. The molecule has 1 saturated carbocycles. The Labute approximate surface area is 102 Å². The highest BCUT2D eigenvalue weighted by molar-refractivity contribution is 5.83. The highest BCUT2D eigenvalue weighted by atomic mass is 14.7. The lowest BCUT2D eigenvalue weighted by atomic mass is 9.89. The molecule has 3 rings (SSSR count). The number of nitrogens with one attached hydrogen (secondary N) is 1. The average molecular weight is 228 g/mol. The van der Waals surface area contributed by atoms with Crippen molar-refractivity contribution in [3.8, 4) is 0 Å². The van der Waals surface area contributed by atoms with E-state index in [0.29, 0.717) is 10.8 Å². The van der Waals surface area contributed by atoms with Crippen molar-refractivity contribution in [2.45, 2.75) is 26.7 Å². The van der Waals surface area contributed by atoms with Gasteiger partial charge in [-0.25, -0.2) is 0 Å². The van der Waals surface area contributed by atoms with E-state index in [1.807, 2.05) is 0 Å². The molecule has 1 aliphatic carbocycles. The zero-order valence-corrected chi connectivity index (χ0v) is 10.6. The number of rotatable bonds is 3. The van der Waals surface area contributed by atoms with Gasteiger partial charge in [-0.15, -0.1) is 0 Å². The van der Waals surface area contributed by atoms with Gasteiger partial charge in [0, 0.05) is 17.1 Å². The molecule has 0 aliphatic heterocycles. The fourth-order valence-electron chi connectivity index (χ4n) is 3.17. The molecule has 3 N–H and O–H groups in total. The summed E-state index contributed by atoms with van der Waals surface area (Å²) in [6.07, 6.45) is 4.49. The van der Waals surface area contributed by atoms with Crippen molar-refractivity contribution < 1.29 is 0 Å². The van der Waals surface area contributed by atoms with Gasteiger partial charge in [-0.2, -0.15) is 0 Å². The first kappa shape index (κ1) is 10.8. The lowest BCUT2D eigenvalue weighted by molar-refractivity contribution is 0.390. The van der Waals surface area contributed by atoms with E-state index in [9.17, 15) is 0 Å². The Kier molecular flexibility index (Phi) is 2.14. The van der Waals surface area contributed by atoms with E-state index < -0.39 is 0 Å². The second-order valence-corrected chi connectivity index (χ2v) is 6.08. The molecule has 1 heterocycles. The first-order valence-corrected chi connectivity index (χ1v) is 6.33. The van der Waals surface area contributed by atoms with Crippen LogP contribution in [0.3, 0.4) is 0 Å². The van der Waals surface area contributed by atoms with Gasteiger partial charge < -0.3 is 10.7 Å². The molecule has 0 bridgehead atoms. The summed E-state index contributed by atoms with van der Waals surface area (Å²) in [5.74, 6) is 0. The normalized spacial score (nSPS) is 26.3. The number of aromatic amines is 1. The summed E-state index contributed by atoms with van der Waals surface area (Å²) in [6, 6.07) is 8.50. The molecule has 0 radical (unpaired) electrons. The molecule has 2 aromatic rings. The van der Waals surface area contributed by atoms with Crippen molar-refractivity contribution >= 4 is 10.9 Å². The van der Waals surface area contributed by atoms with Crippen LogP contribution in [0.2, 0.25) is 0 Å². The lowest BCUT2D eigenvalue weighted by Gasteiger charge is -2.17. The first-order chi connectivity index (χ1) is 8.08. The highest BCUT2D eigenvalue weighted by Crippen LogP contribution is 2.64. The van der Waals surface area contributed by atoms with Gasteiger partial charge in [-0.1, -0.05) is 32.0 Å². The predicted molar refractivity (Wildman–Crippen MR) is 71.9 cm³/mol. The Bertz CT molecular complexity index is 553. The van der Waals surface area contributed by atoms with Crippen LogP contribution >= 0.6 is 0 Å². The fourth-order valence-corrected chi connectivity index (χ4v) is 3.17. The van der Waals surface area contributed by atoms with Gasteiger partial charge in [0.1, 0.15) is 0 Å². The molecule has 2 nitrogen and oxygen atoms in total. The Morgan fingerprint density at radius 3 is 2.65 bits per heavy atom. The van der Waals surface area contributed by atoms with Crippen molar-refractivity contribution in [2.75, 3.05) is 6.54 Å². The third-order valence-electron chi connectivity index (χ3n) is 4.69. The van der Waals surface area contributed by atoms with E-state index in [2.05, 4.69) is 49.3 Å². The smallest absolute Gasteiger partial charge is 0.0456 e. The molecule has 1 fully saturated rings. The minimum absolute atomic E-state index is 0.317. The maximum absolute atomic E-state index is 5.99. The van der Waals surface area contributed by atoms with Crippen molar-refractivity contribution in [1.82, 2.24) is 4.98 Å². The van der Waals surface area contributed by atoms with Crippen LogP contribution in [0.25, 0.3) is 10.9 Å². The summed E-state index contributed by atoms with van der Waals surface area (Å²) in [5, 5.41) is 1.35. The molecule has 17 heavy (non-hydrogen) atoms. The van der Waals surface area contributed by atoms with Gasteiger partial charge in [0.25, 0.3) is 0 Å². The highest BCUT2D eigenvalue weighted by Gasteiger charge is 2.59. The SMILES string of the molecule is CC1(C)CC1(CN)Cc1c[nH]c2ccccc12. The van der Waals surface area contributed by atoms with Gasteiger partial charge in [0.2, 0.25) is 0 Å². The van der Waals surface area contributed by atoms with Crippen LogP contribution in [-0.4, -0.2) is 11.5 Å². The second kappa shape index (κ2) is 3.36. The molecule has 1 aromatic heterocycles. The topological polar surface area (TPSA) is 41.8 Å². The molecular weight excluding hydrogens is 208 g/mol. The zero-order valence-electron chi connectivity index (χ0n) is 10.6. The number of hydrogen-bond acceptors (Lipinski definition) is 1. The fraction of sp³-hybridized carbons (Fsp3) is 0.467. The summed E-state index contributed by atoms with van der Waals surface area (Å²) in [7, 11) is 0. The van der Waals surface area contributed by atoms with Crippen LogP contribution in [-0.2, 0) is 6.42 Å². The van der Waals surface area contributed by atoms with E-state index >= 15 is 0 Å². The third-order valence-corrected chi connectivity index (χ3v) is 4.69. The molecule has 2 heteroatoms. The number of para-hydroxylation sites is 1. The summed E-state index contributed by atoms with van der Waals surface area (Å²) in [6.45, 7) is 5.45. The molecule has 0 spiro atoms. The average Bonchev–Trinajstić information content (AvgIpc) is 2.68. The van der Waals surface area contributed by atoms with E-state index in [1.165, 1.54) is 22.9 Å². The molecule has 1 aromatic carbocycles. The molecule has 90 valence electrons. The third kappa shape index (κ3) is 1.51. The molecule has 1 aliphatic rings. The summed E-state index contributed by atoms with van der Waals surface area (Å²) in [4.78, 5) is 3.35. The second-order valence-electron chi connectivity index (χ2n) is 6.08. The summed E-state index contributed by atoms with van der Waals surface area (Å²) >= 11 is 0. The largest absolute Gasteiger partial charge is 0.361 e. The van der Waals surface area contributed by atoms with Crippen molar-refractivity contribution in [1.29, 1.82) is 0 Å². The van der Waals surface area contributed by atoms with Gasteiger partial charge in [0.05, 0.1) is 0 Å². The number of fused-ring (bicyclic) bond motifs is 1. The number of benzene rings is 1. The minimum atomic E-state index is 0.317. The number of aromatic nitrogens is 1. The summed E-state index contributed by atoms with van der Waals surface area (Å²) in [5.41, 5.74) is 9.36. The number of nitrogens with two attached hydrogens (primary N) is 1. The van der Waals surface area contributed by atoms with Crippen LogP contribution < -0.4 is 5.73 Å². The van der Waals surface area contributed by atoms with Gasteiger partial charge >= 0.3 is 0 Å². The van der Waals surface area contributed by atoms with Crippen LogP contribution in [0.4, 0.5) is 0 Å². The minimum Gasteiger partial charge on any atom is -0.361 e. The Morgan fingerprint density at radius 1 is 1.29 bits per heavy atom. The van der Waals surface area contributed by atoms with E-state index in [0.717, 1.165) is 13.0 Å². The quantitative estimate of drug-likeness (QED) is 0.833. The van der Waals surface area contributed by atoms with Crippen molar-refractivity contribution in [2.24, 2.45) is 16.6 Å². The Balaban J connectivity index is 1.96. The maximum atomic E-state index is 5.99. The standard InChI is InChI=1S/C15H20N2/c1-14(2)9-15(14,10-16)7-11-8-17-13-6-4-3-5-12(11)13/h3-6,8,17H,7,9-10,16H2,1-2H3. The van der Waals surface area contributed by atoms with Crippen LogP contribution in [0.15, 0.2) is 30.5 Å². The van der Waals surface area contributed by atoms with E-state index in [1.54, 1.807) is 0 Å². The predicted octanol–water partition coefficient (Wildman–Crippen LogP) is 3.09. The number of H-pyrrole nitrogens is 1. The van der Waals surface area contributed by atoms with Crippen molar-refractivity contribution in [3.63, 3.8) is 0 Å². The summed E-state index contributed by atoms with van der Waals surface area (Å²) < 4.78 is 0. The Morgan fingerprint density at radius 2 is 2.00 bits per heavy atom. The maximum Gasteiger partial charge on any atom is 0.0456 e. The van der Waals surface area contributed by atoms with E-state index in [4.69, 9.17) is 5.73 Å². The van der Waals surface area contributed by atoms with E-state index in [-0.39, 0.29) is 0 Å².